The Hall–Kier alpha value is -2.37. The van der Waals surface area contributed by atoms with E-state index in [-0.39, 0.29) is 23.7 Å². The first-order valence-electron chi connectivity index (χ1n) is 10.6. The molecule has 0 aliphatic heterocycles. The van der Waals surface area contributed by atoms with Gasteiger partial charge in [-0.2, -0.15) is 0 Å². The lowest BCUT2D eigenvalue weighted by atomic mass is 9.88. The highest BCUT2D eigenvalue weighted by molar-refractivity contribution is 5.88. The number of nitrogens with zero attached hydrogens (tertiary/aromatic N) is 1. The molecule has 6 heteroatoms. The monoisotopic (exact) mass is 384 g/mol. The third kappa shape index (κ3) is 5.33. The number of nitrogens with one attached hydrogen (secondary N) is 3. The van der Waals surface area contributed by atoms with Crippen LogP contribution in [0.3, 0.4) is 0 Å². The van der Waals surface area contributed by atoms with Gasteiger partial charge in [0.1, 0.15) is 11.9 Å². The molecule has 6 nitrogen and oxygen atoms in total. The van der Waals surface area contributed by atoms with Crippen LogP contribution >= 0.6 is 0 Å². The van der Waals surface area contributed by atoms with E-state index in [4.69, 9.17) is 0 Å². The van der Waals surface area contributed by atoms with Crippen LogP contribution in [0.2, 0.25) is 0 Å². The Morgan fingerprint density at radius 1 is 1.18 bits per heavy atom. The van der Waals surface area contributed by atoms with Crippen molar-refractivity contribution >= 4 is 22.8 Å². The van der Waals surface area contributed by atoms with Crippen molar-refractivity contribution in [2.24, 2.45) is 11.8 Å². The fourth-order valence-electron chi connectivity index (χ4n) is 3.87. The van der Waals surface area contributed by atoms with E-state index in [0.717, 1.165) is 55.4 Å². The summed E-state index contributed by atoms with van der Waals surface area (Å²) in [4.78, 5) is 33.0. The summed E-state index contributed by atoms with van der Waals surface area (Å²) >= 11 is 0. The zero-order valence-electron chi connectivity index (χ0n) is 17.0. The smallest absolute Gasteiger partial charge is 0.242 e. The molecule has 1 aromatic heterocycles. The van der Waals surface area contributed by atoms with Crippen molar-refractivity contribution in [2.45, 2.75) is 64.8 Å². The Labute approximate surface area is 166 Å². The average Bonchev–Trinajstić information content (AvgIpc) is 3.12. The lowest BCUT2D eigenvalue weighted by Gasteiger charge is -2.26. The quantitative estimate of drug-likeness (QED) is 0.610. The zero-order valence-corrected chi connectivity index (χ0v) is 17.0. The molecule has 0 spiro atoms. The second-order valence-electron chi connectivity index (χ2n) is 8.16. The number of amides is 2. The van der Waals surface area contributed by atoms with Crippen LogP contribution in [0.5, 0.6) is 0 Å². The van der Waals surface area contributed by atoms with Crippen LogP contribution in [0, 0.1) is 11.8 Å². The minimum atomic E-state index is -0.472. The van der Waals surface area contributed by atoms with E-state index in [1.807, 2.05) is 38.1 Å². The van der Waals surface area contributed by atoms with Crippen LogP contribution in [0.25, 0.3) is 11.0 Å². The second-order valence-corrected chi connectivity index (χ2v) is 8.16. The number of para-hydroxylation sites is 2. The van der Waals surface area contributed by atoms with Crippen molar-refractivity contribution in [2.75, 3.05) is 6.54 Å². The van der Waals surface area contributed by atoms with Crippen LogP contribution < -0.4 is 10.6 Å². The Morgan fingerprint density at radius 2 is 1.93 bits per heavy atom. The van der Waals surface area contributed by atoms with E-state index in [1.165, 1.54) is 6.42 Å². The molecule has 1 fully saturated rings. The molecule has 28 heavy (non-hydrogen) atoms. The van der Waals surface area contributed by atoms with Crippen LogP contribution in [0.15, 0.2) is 24.3 Å². The fourth-order valence-corrected chi connectivity index (χ4v) is 3.87. The molecule has 1 atom stereocenters. The molecular weight excluding hydrogens is 352 g/mol. The summed E-state index contributed by atoms with van der Waals surface area (Å²) in [5, 5.41) is 5.97. The molecular formula is C22H32N4O2. The summed E-state index contributed by atoms with van der Waals surface area (Å²) in [6.07, 6.45) is 6.88. The van der Waals surface area contributed by atoms with Crippen molar-refractivity contribution < 1.29 is 9.59 Å². The highest BCUT2D eigenvalue weighted by Crippen LogP contribution is 2.24. The summed E-state index contributed by atoms with van der Waals surface area (Å²) in [7, 11) is 0. The topological polar surface area (TPSA) is 86.9 Å². The Kier molecular flexibility index (Phi) is 7.06. The van der Waals surface area contributed by atoms with Gasteiger partial charge in [0.05, 0.1) is 11.0 Å². The number of H-pyrrole nitrogens is 1. The van der Waals surface area contributed by atoms with Crippen LogP contribution in [0.4, 0.5) is 0 Å². The summed E-state index contributed by atoms with van der Waals surface area (Å²) < 4.78 is 0. The lowest BCUT2D eigenvalue weighted by molar-refractivity contribution is -0.132. The maximum absolute atomic E-state index is 12.6. The number of hydrogen-bond donors (Lipinski definition) is 3. The van der Waals surface area contributed by atoms with E-state index in [9.17, 15) is 9.59 Å². The maximum Gasteiger partial charge on any atom is 0.242 e. The Balaban J connectivity index is 1.45. The van der Waals surface area contributed by atoms with Gasteiger partial charge in [0.2, 0.25) is 11.8 Å². The fraction of sp³-hybridized carbons (Fsp3) is 0.591. The van der Waals surface area contributed by atoms with Gasteiger partial charge in [-0.15, -0.1) is 0 Å². The number of aromatic amines is 1. The van der Waals surface area contributed by atoms with Gasteiger partial charge < -0.3 is 15.6 Å². The molecule has 1 heterocycles. The summed E-state index contributed by atoms with van der Waals surface area (Å²) in [6, 6.07) is 7.48. The predicted octanol–water partition coefficient (Wildman–Crippen LogP) is 3.33. The van der Waals surface area contributed by atoms with Crippen LogP contribution in [0.1, 0.15) is 58.2 Å². The van der Waals surface area contributed by atoms with Crippen molar-refractivity contribution in [1.82, 2.24) is 20.6 Å². The number of rotatable bonds is 8. The number of hydrogen-bond acceptors (Lipinski definition) is 3. The number of benzene rings is 1. The number of imidazole rings is 1. The highest BCUT2D eigenvalue weighted by Gasteiger charge is 2.28. The van der Waals surface area contributed by atoms with E-state index in [1.54, 1.807) is 0 Å². The highest BCUT2D eigenvalue weighted by atomic mass is 16.2. The third-order valence-electron chi connectivity index (χ3n) is 5.55. The Bertz CT molecular complexity index is 760. The van der Waals surface area contributed by atoms with Gasteiger partial charge in [0, 0.05) is 18.9 Å². The normalized spacial score (nSPS) is 16.2. The van der Waals surface area contributed by atoms with Crippen molar-refractivity contribution in [1.29, 1.82) is 0 Å². The molecule has 0 bridgehead atoms. The van der Waals surface area contributed by atoms with Gasteiger partial charge >= 0.3 is 0 Å². The summed E-state index contributed by atoms with van der Waals surface area (Å²) in [5.41, 5.74) is 2.00. The predicted molar refractivity (Wildman–Crippen MR) is 111 cm³/mol. The van der Waals surface area contributed by atoms with Gasteiger partial charge in [0.25, 0.3) is 0 Å². The molecule has 0 saturated heterocycles. The van der Waals surface area contributed by atoms with Crippen molar-refractivity contribution in [3.8, 4) is 0 Å². The first-order valence-corrected chi connectivity index (χ1v) is 10.6. The van der Waals surface area contributed by atoms with Crippen molar-refractivity contribution in [3.63, 3.8) is 0 Å². The van der Waals surface area contributed by atoms with Gasteiger partial charge in [-0.25, -0.2) is 4.98 Å². The molecule has 1 aliphatic carbocycles. The molecule has 152 valence electrons. The Morgan fingerprint density at radius 3 is 2.64 bits per heavy atom. The van der Waals surface area contributed by atoms with Gasteiger partial charge in [-0.3, -0.25) is 9.59 Å². The molecule has 3 N–H and O–H groups in total. The molecule has 1 aliphatic rings. The van der Waals surface area contributed by atoms with E-state index in [0.29, 0.717) is 6.54 Å². The summed E-state index contributed by atoms with van der Waals surface area (Å²) in [6.45, 7) is 4.51. The van der Waals surface area contributed by atoms with E-state index >= 15 is 0 Å². The molecule has 0 unspecified atom stereocenters. The largest absolute Gasteiger partial charge is 0.354 e. The molecule has 3 rings (SSSR count). The third-order valence-corrected chi connectivity index (χ3v) is 5.55. The first-order chi connectivity index (χ1) is 13.5. The molecule has 1 aromatic carbocycles. The number of fused-ring (bicyclic) bond motifs is 1. The van der Waals surface area contributed by atoms with Gasteiger partial charge in [-0.1, -0.05) is 45.2 Å². The van der Waals surface area contributed by atoms with Gasteiger partial charge in [-0.05, 0) is 37.3 Å². The standard InChI is InChI=1S/C22H32N4O2/c1-15(2)20(26-21(27)16-9-4-3-5-10-16)22(28)23-14-8-13-19-24-17-11-6-7-12-18(17)25-19/h6-7,11-12,15-16,20H,3-5,8-10,13-14H2,1-2H3,(H,23,28)(H,24,25)(H,26,27)/t20-/m1/s1. The lowest BCUT2D eigenvalue weighted by Crippen LogP contribution is -2.51. The van der Waals surface area contributed by atoms with Crippen LogP contribution in [-0.2, 0) is 16.0 Å². The molecule has 1 saturated carbocycles. The molecule has 0 radical (unpaired) electrons. The van der Waals surface area contributed by atoms with E-state index < -0.39 is 6.04 Å². The average molecular weight is 385 g/mol. The number of carbonyl (C=O) groups excluding carboxylic acids is 2. The van der Waals surface area contributed by atoms with E-state index in [2.05, 4.69) is 20.6 Å². The minimum absolute atomic E-state index is 0.0378. The maximum atomic E-state index is 12.6. The number of carbonyl (C=O) groups is 2. The molecule has 2 aromatic rings. The molecule has 2 amide bonds. The zero-order chi connectivity index (χ0) is 19.9. The SMILES string of the molecule is CC(C)[C@@H](NC(=O)C1CCCCC1)C(=O)NCCCc1nc2ccccc2[nH]1. The first kappa shape index (κ1) is 20.4. The summed E-state index contributed by atoms with van der Waals surface area (Å²) in [5.74, 6) is 1.000. The minimum Gasteiger partial charge on any atom is -0.354 e. The second kappa shape index (κ2) is 9.71. The van der Waals surface area contributed by atoms with Crippen molar-refractivity contribution in [3.05, 3.63) is 30.1 Å². The van der Waals surface area contributed by atoms with Gasteiger partial charge in [0.15, 0.2) is 0 Å². The number of aryl methyl sites for hydroxylation is 1. The number of aromatic nitrogens is 2. The van der Waals surface area contributed by atoms with Crippen LogP contribution in [-0.4, -0.2) is 34.4 Å².